The van der Waals surface area contributed by atoms with Gasteiger partial charge in [0.2, 0.25) is 0 Å². The Morgan fingerprint density at radius 1 is 1.26 bits per heavy atom. The van der Waals surface area contributed by atoms with Crippen molar-refractivity contribution in [2.75, 3.05) is 26.7 Å². The van der Waals surface area contributed by atoms with Gasteiger partial charge < -0.3 is 14.4 Å². The summed E-state index contributed by atoms with van der Waals surface area (Å²) >= 11 is 0. The number of pyridine rings is 1. The molecule has 0 unspecified atom stereocenters. The van der Waals surface area contributed by atoms with Crippen LogP contribution in [0.5, 0.6) is 5.75 Å². The average Bonchev–Trinajstić information content (AvgIpc) is 3.24. The molecule has 0 bridgehead atoms. The van der Waals surface area contributed by atoms with E-state index in [1.165, 1.54) is 5.56 Å². The van der Waals surface area contributed by atoms with E-state index in [1.807, 2.05) is 48.4 Å². The van der Waals surface area contributed by atoms with Gasteiger partial charge in [-0.25, -0.2) is 0 Å². The molecular weight excluding hydrogens is 426 g/mol. The van der Waals surface area contributed by atoms with Crippen LogP contribution in [0.25, 0.3) is 10.9 Å². The van der Waals surface area contributed by atoms with Gasteiger partial charge in [0.25, 0.3) is 0 Å². The number of carbonyl (C=O) groups is 1. The quantitative estimate of drug-likeness (QED) is 0.507. The molecule has 6 heteroatoms. The van der Waals surface area contributed by atoms with Gasteiger partial charge in [0.05, 0.1) is 19.2 Å². The molecule has 178 valence electrons. The molecule has 4 rings (SSSR count). The van der Waals surface area contributed by atoms with Gasteiger partial charge in [-0.2, -0.15) is 0 Å². The summed E-state index contributed by atoms with van der Waals surface area (Å²) < 4.78 is 7.38. The van der Waals surface area contributed by atoms with Crippen molar-refractivity contribution in [2.24, 2.45) is 18.9 Å². The number of aromatic nitrogens is 2. The molecule has 1 aliphatic heterocycles. The Kier molecular flexibility index (Phi) is 7.87. The lowest BCUT2D eigenvalue weighted by atomic mass is 9.80. The lowest BCUT2D eigenvalue weighted by Crippen LogP contribution is -2.41. The summed E-state index contributed by atoms with van der Waals surface area (Å²) in [6.07, 6.45) is 10.1. The number of fused-ring (bicyclic) bond motifs is 1. The van der Waals surface area contributed by atoms with Crippen molar-refractivity contribution in [1.82, 2.24) is 14.5 Å². The van der Waals surface area contributed by atoms with E-state index in [-0.39, 0.29) is 12.3 Å². The Morgan fingerprint density at radius 2 is 2.15 bits per heavy atom. The molecule has 2 aromatic heterocycles. The fourth-order valence-electron chi connectivity index (χ4n) is 5.05. The average molecular weight is 460 g/mol. The number of nitrogens with zero attached hydrogens (tertiary/aromatic N) is 3. The van der Waals surface area contributed by atoms with Gasteiger partial charge >= 0.3 is 5.97 Å². The number of aliphatic carboxylic acids is 1. The molecule has 1 aliphatic rings. The molecule has 0 radical (unpaired) electrons. The van der Waals surface area contributed by atoms with Gasteiger partial charge in [-0.05, 0) is 80.0 Å². The second kappa shape index (κ2) is 11.2. The number of likely N-dealkylation sites (tertiary alicyclic amines) is 1. The van der Waals surface area contributed by atoms with Crippen LogP contribution in [0, 0.1) is 23.7 Å². The highest BCUT2D eigenvalue weighted by Crippen LogP contribution is 2.31. The Hall–Kier alpha value is -3.30. The van der Waals surface area contributed by atoms with Gasteiger partial charge in [0.15, 0.2) is 0 Å². The summed E-state index contributed by atoms with van der Waals surface area (Å²) in [6, 6.07) is 10.1. The van der Waals surface area contributed by atoms with Crippen LogP contribution in [0.1, 0.15) is 36.8 Å². The lowest BCUT2D eigenvalue weighted by Gasteiger charge is -2.37. The maximum Gasteiger partial charge on any atom is 0.303 e. The normalized spacial score (nSPS) is 18.4. The summed E-state index contributed by atoms with van der Waals surface area (Å²) in [5, 5.41) is 10.6. The molecular formula is C28H33N3O3. The Balaban J connectivity index is 1.35. The minimum Gasteiger partial charge on any atom is -0.497 e. The van der Waals surface area contributed by atoms with Gasteiger partial charge in [0, 0.05) is 49.6 Å². The minimum absolute atomic E-state index is 0.166. The Bertz CT molecular complexity index is 1190. The first-order valence-electron chi connectivity index (χ1n) is 12.0. The Labute approximate surface area is 201 Å². The van der Waals surface area contributed by atoms with Crippen molar-refractivity contribution in [3.05, 3.63) is 60.0 Å². The Morgan fingerprint density at radius 3 is 2.91 bits per heavy atom. The molecule has 6 nitrogen and oxygen atoms in total. The SMILES string of the molecule is COc1ccc2nccc(CCC[C@@H]3CCN(CC#Cc4ccn(C)c4)C[C@@H]3CC(=O)O)c2c1. The number of hydrogen-bond donors (Lipinski definition) is 1. The van der Waals surface area contributed by atoms with Crippen molar-refractivity contribution >= 4 is 16.9 Å². The van der Waals surface area contributed by atoms with Crippen molar-refractivity contribution in [3.8, 4) is 17.6 Å². The van der Waals surface area contributed by atoms with Crippen LogP contribution < -0.4 is 4.74 Å². The van der Waals surface area contributed by atoms with E-state index in [0.29, 0.717) is 12.5 Å². The third kappa shape index (κ3) is 6.18. The fourth-order valence-corrected chi connectivity index (χ4v) is 5.05. The monoisotopic (exact) mass is 459 g/mol. The van der Waals surface area contributed by atoms with Crippen LogP contribution in [-0.2, 0) is 18.3 Å². The second-order valence-corrected chi connectivity index (χ2v) is 9.25. The number of aryl methyl sites for hydroxylation is 2. The number of carboxylic acids is 1. The zero-order valence-corrected chi connectivity index (χ0v) is 20.0. The number of carboxylic acid groups (broad SMARTS) is 1. The molecule has 0 aliphatic carbocycles. The first-order valence-corrected chi connectivity index (χ1v) is 12.0. The summed E-state index contributed by atoms with van der Waals surface area (Å²) in [7, 11) is 3.67. The summed E-state index contributed by atoms with van der Waals surface area (Å²) in [6.45, 7) is 2.46. The number of hydrogen-bond acceptors (Lipinski definition) is 4. The van der Waals surface area contributed by atoms with Gasteiger partial charge in [-0.15, -0.1) is 0 Å². The highest BCUT2D eigenvalue weighted by atomic mass is 16.5. The first kappa shape index (κ1) is 23.8. The van der Waals surface area contributed by atoms with Crippen molar-refractivity contribution < 1.29 is 14.6 Å². The molecule has 2 atom stereocenters. The van der Waals surface area contributed by atoms with Crippen LogP contribution in [0.4, 0.5) is 0 Å². The molecule has 1 saturated heterocycles. The highest BCUT2D eigenvalue weighted by molar-refractivity contribution is 5.83. The minimum atomic E-state index is -0.709. The topological polar surface area (TPSA) is 67.6 Å². The maximum absolute atomic E-state index is 11.6. The van der Waals surface area contributed by atoms with Crippen LogP contribution in [0.3, 0.4) is 0 Å². The number of benzene rings is 1. The summed E-state index contributed by atoms with van der Waals surface area (Å²) in [4.78, 5) is 18.3. The van der Waals surface area contributed by atoms with Gasteiger partial charge in [0.1, 0.15) is 5.75 Å². The van der Waals surface area contributed by atoms with E-state index in [4.69, 9.17) is 4.74 Å². The molecule has 1 N–H and O–H groups in total. The van der Waals surface area contributed by atoms with E-state index < -0.39 is 5.97 Å². The molecule has 3 aromatic rings. The molecule has 1 aromatic carbocycles. The zero-order valence-electron chi connectivity index (χ0n) is 20.0. The largest absolute Gasteiger partial charge is 0.497 e. The predicted octanol–water partition coefficient (Wildman–Crippen LogP) is 4.37. The smallest absolute Gasteiger partial charge is 0.303 e. The number of rotatable bonds is 8. The zero-order chi connectivity index (χ0) is 23.9. The second-order valence-electron chi connectivity index (χ2n) is 9.25. The van der Waals surface area contributed by atoms with Crippen LogP contribution in [0.2, 0.25) is 0 Å². The van der Waals surface area contributed by atoms with Crippen molar-refractivity contribution in [3.63, 3.8) is 0 Å². The first-order chi connectivity index (χ1) is 16.5. The number of methoxy groups -OCH3 is 1. The van der Waals surface area contributed by atoms with Crippen LogP contribution in [0.15, 0.2) is 48.9 Å². The third-order valence-corrected chi connectivity index (χ3v) is 6.84. The molecule has 0 spiro atoms. The molecule has 3 heterocycles. The highest BCUT2D eigenvalue weighted by Gasteiger charge is 2.30. The fraction of sp³-hybridized carbons (Fsp3) is 0.429. The van der Waals surface area contributed by atoms with E-state index in [2.05, 4.69) is 33.9 Å². The predicted molar refractivity (Wildman–Crippen MR) is 134 cm³/mol. The van der Waals surface area contributed by atoms with Gasteiger partial charge in [-0.1, -0.05) is 11.8 Å². The number of ether oxygens (including phenoxy) is 1. The van der Waals surface area contributed by atoms with Gasteiger partial charge in [-0.3, -0.25) is 14.7 Å². The van der Waals surface area contributed by atoms with Crippen molar-refractivity contribution in [2.45, 2.75) is 32.1 Å². The van der Waals surface area contributed by atoms with Crippen molar-refractivity contribution in [1.29, 1.82) is 0 Å². The van der Waals surface area contributed by atoms with E-state index in [1.54, 1.807) is 7.11 Å². The molecule has 0 saturated carbocycles. The van der Waals surface area contributed by atoms with E-state index in [9.17, 15) is 9.90 Å². The van der Waals surface area contributed by atoms with E-state index >= 15 is 0 Å². The van der Waals surface area contributed by atoms with E-state index in [0.717, 1.165) is 61.0 Å². The lowest BCUT2D eigenvalue weighted by molar-refractivity contribution is -0.139. The van der Waals surface area contributed by atoms with Crippen LogP contribution >= 0.6 is 0 Å². The third-order valence-electron chi connectivity index (χ3n) is 6.84. The summed E-state index contributed by atoms with van der Waals surface area (Å²) in [5.41, 5.74) is 3.26. The molecule has 1 fully saturated rings. The van der Waals surface area contributed by atoms with Crippen LogP contribution in [-0.4, -0.2) is 52.3 Å². The standard InChI is InChI=1S/C28H33N3O3/c1-30-15-11-21(19-30)5-4-14-31-16-12-22(24(20-31)17-28(32)33)6-3-7-23-10-13-29-27-9-8-25(34-2)18-26(23)27/h8-11,13,15,18-19,22,24H,3,6-7,12,14,16-17,20H2,1-2H3,(H,32,33)/t22-,24+/m1/s1. The summed E-state index contributed by atoms with van der Waals surface area (Å²) in [5.74, 6) is 7.20. The molecule has 34 heavy (non-hydrogen) atoms. The maximum atomic E-state index is 11.6. The number of piperidine rings is 1. The molecule has 0 amide bonds.